The summed E-state index contributed by atoms with van der Waals surface area (Å²) in [7, 11) is 0. The molecule has 220 valence electrons. The van der Waals surface area contributed by atoms with Crippen LogP contribution in [0.15, 0.2) is 41.7 Å². The Labute approximate surface area is 245 Å². The molecule has 8 atom stereocenters. The zero-order valence-electron chi connectivity index (χ0n) is 26.0. The zero-order valence-corrected chi connectivity index (χ0v) is 26.0. The number of ketones is 2. The van der Waals surface area contributed by atoms with Gasteiger partial charge in [-0.2, -0.15) is 0 Å². The molecule has 0 unspecified atom stereocenters. The number of hydrogen-bond donors (Lipinski definition) is 1. The van der Waals surface area contributed by atoms with E-state index in [9.17, 15) is 19.5 Å². The van der Waals surface area contributed by atoms with Crippen molar-refractivity contribution < 1.29 is 19.5 Å². The number of fused-ring (bicyclic) bond motifs is 7. The fraction of sp³-hybridized carbons (Fsp3) is 0.667. The maximum Gasteiger partial charge on any atom is 0.309 e. The average Bonchev–Trinajstić information content (AvgIpc) is 2.90. The van der Waals surface area contributed by atoms with Gasteiger partial charge in [0.25, 0.3) is 0 Å². The normalized spacial score (nSPS) is 46.1. The molecular formula is C36H47NO4. The average molecular weight is 558 g/mol. The highest BCUT2D eigenvalue weighted by molar-refractivity contribution is 6.05. The van der Waals surface area contributed by atoms with Crippen LogP contribution in [0.2, 0.25) is 0 Å². The number of carboxylic acids is 1. The van der Waals surface area contributed by atoms with Crippen molar-refractivity contribution in [2.24, 2.45) is 50.2 Å². The topological polar surface area (TPSA) is 84.3 Å². The fourth-order valence-corrected chi connectivity index (χ4v) is 11.0. The van der Waals surface area contributed by atoms with Gasteiger partial charge in [0.2, 0.25) is 0 Å². The number of rotatable bonds is 2. The monoisotopic (exact) mass is 557 g/mol. The third-order valence-corrected chi connectivity index (χ3v) is 13.7. The van der Waals surface area contributed by atoms with E-state index in [1.165, 1.54) is 5.57 Å². The summed E-state index contributed by atoms with van der Waals surface area (Å²) < 4.78 is 0. The molecule has 5 aliphatic carbocycles. The molecule has 4 saturated carbocycles. The van der Waals surface area contributed by atoms with Gasteiger partial charge in [-0.15, -0.1) is 0 Å². The Morgan fingerprint density at radius 3 is 2.27 bits per heavy atom. The first-order valence-electron chi connectivity index (χ1n) is 15.7. The molecule has 1 N–H and O–H groups in total. The number of hydrogen-bond acceptors (Lipinski definition) is 4. The van der Waals surface area contributed by atoms with E-state index in [1.807, 2.05) is 31.2 Å². The van der Waals surface area contributed by atoms with Gasteiger partial charge >= 0.3 is 5.97 Å². The Balaban J connectivity index is 1.47. The molecule has 4 fully saturated rings. The summed E-state index contributed by atoms with van der Waals surface area (Å²) in [5.41, 5.74) is 0.940. The molecule has 0 amide bonds. The van der Waals surface area contributed by atoms with Gasteiger partial charge in [0.05, 0.1) is 5.41 Å². The zero-order chi connectivity index (χ0) is 29.8. The first-order chi connectivity index (χ1) is 19.0. The van der Waals surface area contributed by atoms with Crippen LogP contribution in [0.25, 0.3) is 6.08 Å². The fourth-order valence-electron chi connectivity index (χ4n) is 11.0. The van der Waals surface area contributed by atoms with Gasteiger partial charge < -0.3 is 5.11 Å². The van der Waals surface area contributed by atoms with Gasteiger partial charge in [-0.1, -0.05) is 47.1 Å². The van der Waals surface area contributed by atoms with Crippen molar-refractivity contribution in [3.05, 3.63) is 47.3 Å². The van der Waals surface area contributed by atoms with Gasteiger partial charge in [0.15, 0.2) is 11.6 Å². The van der Waals surface area contributed by atoms with E-state index in [4.69, 9.17) is 0 Å². The number of carboxylic acid groups (broad SMARTS) is 1. The highest BCUT2D eigenvalue weighted by Crippen LogP contribution is 2.75. The molecule has 5 aliphatic rings. The quantitative estimate of drug-likeness (QED) is 0.377. The Morgan fingerprint density at radius 2 is 1.61 bits per heavy atom. The molecule has 0 aromatic carbocycles. The van der Waals surface area contributed by atoms with E-state index in [2.05, 4.69) is 46.5 Å². The van der Waals surface area contributed by atoms with Crippen LogP contribution in [-0.2, 0) is 14.4 Å². The summed E-state index contributed by atoms with van der Waals surface area (Å²) in [6.07, 6.45) is 14.2. The third kappa shape index (κ3) is 3.72. The molecule has 5 nitrogen and oxygen atoms in total. The number of aliphatic carboxylic acids is 1. The molecule has 1 heterocycles. The molecule has 5 heteroatoms. The highest BCUT2D eigenvalue weighted by Gasteiger charge is 2.70. The largest absolute Gasteiger partial charge is 0.481 e. The van der Waals surface area contributed by atoms with E-state index in [0.29, 0.717) is 19.3 Å². The van der Waals surface area contributed by atoms with Crippen LogP contribution < -0.4 is 0 Å². The van der Waals surface area contributed by atoms with Crippen molar-refractivity contribution in [3.8, 4) is 0 Å². The van der Waals surface area contributed by atoms with Crippen LogP contribution in [0.4, 0.5) is 0 Å². The molecule has 1 aromatic heterocycles. The van der Waals surface area contributed by atoms with Gasteiger partial charge in [0, 0.05) is 23.7 Å². The molecule has 6 rings (SSSR count). The molecular weight excluding hydrogens is 510 g/mol. The summed E-state index contributed by atoms with van der Waals surface area (Å²) in [6.45, 7) is 15.5. The number of nitrogens with zero attached hydrogens (tertiary/aromatic N) is 1. The van der Waals surface area contributed by atoms with E-state index in [1.54, 1.807) is 12.4 Å². The van der Waals surface area contributed by atoms with Crippen molar-refractivity contribution in [2.45, 2.75) is 99.8 Å². The standard InChI is InChI=1S/C36H47NO4/c1-31(2)27-8-11-36(7)28(34(27,5)20-23(29(31)39)18-22-9-16-37-17-10-22)26(38)19-24-25-21-33(4,30(40)41)13-12-32(25,3)14-15-35(24,36)6/h9-10,16-19,25,27-28H,8,11-15,20-21H2,1-7H3,(H,40,41)/b23-18+/t25-,27-,28+,32+,33-,34-,35+,36+/m0/s1. The maximum atomic E-state index is 14.6. The predicted molar refractivity (Wildman–Crippen MR) is 160 cm³/mol. The van der Waals surface area contributed by atoms with Gasteiger partial charge in [-0.25, -0.2) is 0 Å². The van der Waals surface area contributed by atoms with Gasteiger partial charge in [0.1, 0.15) is 0 Å². The van der Waals surface area contributed by atoms with Crippen LogP contribution in [0, 0.1) is 50.2 Å². The number of carbonyl (C=O) groups excluding carboxylic acids is 2. The van der Waals surface area contributed by atoms with E-state index in [-0.39, 0.29) is 51.0 Å². The van der Waals surface area contributed by atoms with Crippen molar-refractivity contribution in [2.75, 3.05) is 0 Å². The molecule has 0 spiro atoms. The van der Waals surface area contributed by atoms with Crippen molar-refractivity contribution in [3.63, 3.8) is 0 Å². The Morgan fingerprint density at radius 1 is 0.951 bits per heavy atom. The summed E-state index contributed by atoms with van der Waals surface area (Å²) in [5.74, 6) is -0.266. The maximum absolute atomic E-state index is 14.6. The van der Waals surface area contributed by atoms with Crippen molar-refractivity contribution in [1.82, 2.24) is 4.98 Å². The Kier molecular flexibility index (Phi) is 6.08. The smallest absolute Gasteiger partial charge is 0.309 e. The minimum Gasteiger partial charge on any atom is -0.481 e. The number of pyridine rings is 1. The number of Topliss-reactive ketones (excluding diaryl/α,β-unsaturated/α-hetero) is 1. The van der Waals surface area contributed by atoms with Gasteiger partial charge in [-0.05, 0) is 127 Å². The predicted octanol–water partition coefficient (Wildman–Crippen LogP) is 7.71. The lowest BCUT2D eigenvalue weighted by Crippen LogP contribution is -2.66. The summed E-state index contributed by atoms with van der Waals surface area (Å²) in [6, 6.07) is 3.87. The van der Waals surface area contributed by atoms with Crippen LogP contribution >= 0.6 is 0 Å². The molecule has 1 aromatic rings. The number of aromatic nitrogens is 1. The molecule has 0 saturated heterocycles. The van der Waals surface area contributed by atoms with Crippen molar-refractivity contribution >= 4 is 23.6 Å². The second kappa shape index (κ2) is 8.74. The number of allylic oxidation sites excluding steroid dienone is 3. The molecule has 0 bridgehead atoms. The van der Waals surface area contributed by atoms with E-state index in [0.717, 1.165) is 43.2 Å². The number of carbonyl (C=O) groups is 3. The molecule has 0 aliphatic heterocycles. The van der Waals surface area contributed by atoms with Crippen molar-refractivity contribution in [1.29, 1.82) is 0 Å². The second-order valence-electron chi connectivity index (χ2n) is 16.2. The molecule has 41 heavy (non-hydrogen) atoms. The first-order valence-corrected chi connectivity index (χ1v) is 15.7. The lowest BCUT2D eigenvalue weighted by atomic mass is 9.33. The minimum atomic E-state index is -0.756. The van der Waals surface area contributed by atoms with Crippen LogP contribution in [0.5, 0.6) is 0 Å². The lowest BCUT2D eigenvalue weighted by Gasteiger charge is -2.70. The highest BCUT2D eigenvalue weighted by atomic mass is 16.4. The summed E-state index contributed by atoms with van der Waals surface area (Å²) >= 11 is 0. The second-order valence-corrected chi connectivity index (χ2v) is 16.2. The molecule has 0 radical (unpaired) electrons. The van der Waals surface area contributed by atoms with E-state index < -0.39 is 16.8 Å². The SMILES string of the molecule is CC1(C)C(=O)/C(=C/c2ccncc2)C[C@]2(C)[C@H]3C(=O)C=C4[C@@H]5C[C@@](C)(C(=O)O)CC[C@]5(C)CC[C@@]4(C)[C@]3(C)CC[C@@H]12. The minimum absolute atomic E-state index is 0.0323. The third-order valence-electron chi connectivity index (χ3n) is 13.7. The lowest BCUT2D eigenvalue weighted by molar-refractivity contribution is -0.183. The van der Waals surface area contributed by atoms with Crippen LogP contribution in [0.1, 0.15) is 105 Å². The summed E-state index contributed by atoms with van der Waals surface area (Å²) in [5, 5.41) is 10.2. The summed E-state index contributed by atoms with van der Waals surface area (Å²) in [4.78, 5) is 45.1. The van der Waals surface area contributed by atoms with Crippen LogP contribution in [-0.4, -0.2) is 27.6 Å². The Hall–Kier alpha value is -2.56. The first kappa shape index (κ1) is 28.6. The van der Waals surface area contributed by atoms with Gasteiger partial charge in [-0.3, -0.25) is 19.4 Å². The Bertz CT molecular complexity index is 1390. The van der Waals surface area contributed by atoms with E-state index >= 15 is 0 Å². The van der Waals surface area contributed by atoms with Crippen LogP contribution in [0.3, 0.4) is 0 Å².